The van der Waals surface area contributed by atoms with Crippen LogP contribution in [0.5, 0.6) is 0 Å². The summed E-state index contributed by atoms with van der Waals surface area (Å²) in [6.07, 6.45) is 0.235. The second-order valence-corrected chi connectivity index (χ2v) is 4.66. The number of hydrogen-bond donors (Lipinski definition) is 1. The topological polar surface area (TPSA) is 42.0 Å². The molecular weight excluding hydrogens is 274 g/mol. The molecule has 2 aromatic rings. The lowest BCUT2D eigenvalue weighted by atomic mass is 9.95. The van der Waals surface area contributed by atoms with Gasteiger partial charge in [0, 0.05) is 25.4 Å². The third-order valence-corrected chi connectivity index (χ3v) is 3.15. The molecule has 2 rings (SSSR count). The summed E-state index contributed by atoms with van der Waals surface area (Å²) in [7, 11) is 0. The van der Waals surface area contributed by atoms with Gasteiger partial charge in [-0.05, 0) is 23.3 Å². The molecule has 1 atom stereocenters. The molecule has 0 spiro atoms. The van der Waals surface area contributed by atoms with Crippen molar-refractivity contribution < 1.29 is 13.6 Å². The average Bonchev–Trinajstić information content (AvgIpc) is 2.52. The van der Waals surface area contributed by atoms with Crippen LogP contribution in [-0.2, 0) is 11.3 Å². The van der Waals surface area contributed by atoms with E-state index in [0.29, 0.717) is 12.1 Å². The predicted molar refractivity (Wildman–Crippen MR) is 75.9 cm³/mol. The SMILES string of the molecule is O=C(NCc1ccncc1)C(CC(F)F)c1ccccc1. The molecule has 5 heteroatoms. The molecule has 0 saturated heterocycles. The van der Waals surface area contributed by atoms with Gasteiger partial charge in [-0.15, -0.1) is 0 Å². The zero-order chi connectivity index (χ0) is 15.1. The fourth-order valence-corrected chi connectivity index (χ4v) is 2.07. The van der Waals surface area contributed by atoms with Crippen molar-refractivity contribution in [3.63, 3.8) is 0 Å². The van der Waals surface area contributed by atoms with E-state index < -0.39 is 24.7 Å². The standard InChI is InChI=1S/C16H16F2N2O/c17-15(18)10-14(13-4-2-1-3-5-13)16(21)20-11-12-6-8-19-9-7-12/h1-9,14-15H,10-11H2,(H,20,21). The molecule has 0 saturated carbocycles. The highest BCUT2D eigenvalue weighted by atomic mass is 19.3. The number of carbonyl (C=O) groups is 1. The van der Waals surface area contributed by atoms with Crippen LogP contribution >= 0.6 is 0 Å². The molecule has 0 aliphatic carbocycles. The van der Waals surface area contributed by atoms with Crippen molar-refractivity contribution in [2.75, 3.05) is 0 Å². The number of halogens is 2. The van der Waals surface area contributed by atoms with Gasteiger partial charge in [0.15, 0.2) is 0 Å². The molecule has 0 radical (unpaired) electrons. The Balaban J connectivity index is 2.04. The average molecular weight is 290 g/mol. The monoisotopic (exact) mass is 290 g/mol. The maximum Gasteiger partial charge on any atom is 0.239 e. The third-order valence-electron chi connectivity index (χ3n) is 3.15. The number of nitrogens with zero attached hydrogens (tertiary/aromatic N) is 1. The van der Waals surface area contributed by atoms with Gasteiger partial charge in [-0.3, -0.25) is 9.78 Å². The molecule has 110 valence electrons. The van der Waals surface area contributed by atoms with Crippen molar-refractivity contribution in [1.29, 1.82) is 0 Å². The molecule has 0 aliphatic rings. The number of amides is 1. The highest BCUT2D eigenvalue weighted by Gasteiger charge is 2.24. The smallest absolute Gasteiger partial charge is 0.239 e. The summed E-state index contributed by atoms with van der Waals surface area (Å²) in [5.41, 5.74) is 1.48. The van der Waals surface area contributed by atoms with Crippen LogP contribution in [0.25, 0.3) is 0 Å². The molecule has 1 N–H and O–H groups in total. The quantitative estimate of drug-likeness (QED) is 0.888. The van der Waals surface area contributed by atoms with Gasteiger partial charge in [0.1, 0.15) is 0 Å². The van der Waals surface area contributed by atoms with Gasteiger partial charge in [0.25, 0.3) is 0 Å². The van der Waals surface area contributed by atoms with Crippen LogP contribution in [0.3, 0.4) is 0 Å². The Kier molecular flexibility index (Phi) is 5.37. The van der Waals surface area contributed by atoms with E-state index in [4.69, 9.17) is 0 Å². The number of aromatic nitrogens is 1. The minimum Gasteiger partial charge on any atom is -0.351 e. The van der Waals surface area contributed by atoms with Crippen molar-refractivity contribution in [2.45, 2.75) is 25.3 Å². The predicted octanol–water partition coefficient (Wildman–Crippen LogP) is 3.14. The van der Waals surface area contributed by atoms with E-state index in [9.17, 15) is 13.6 Å². The molecule has 0 bridgehead atoms. The van der Waals surface area contributed by atoms with Gasteiger partial charge >= 0.3 is 0 Å². The molecule has 0 aliphatic heterocycles. The third kappa shape index (κ3) is 4.63. The maximum atomic E-state index is 12.7. The Morgan fingerprint density at radius 3 is 2.38 bits per heavy atom. The molecule has 1 unspecified atom stereocenters. The lowest BCUT2D eigenvalue weighted by Gasteiger charge is -2.17. The Morgan fingerprint density at radius 1 is 1.10 bits per heavy atom. The van der Waals surface area contributed by atoms with E-state index in [1.165, 1.54) is 0 Å². The number of pyridine rings is 1. The first-order valence-corrected chi connectivity index (χ1v) is 6.66. The van der Waals surface area contributed by atoms with Gasteiger partial charge in [0.2, 0.25) is 12.3 Å². The Hall–Kier alpha value is -2.30. The highest BCUT2D eigenvalue weighted by Crippen LogP contribution is 2.23. The zero-order valence-corrected chi connectivity index (χ0v) is 11.4. The molecule has 3 nitrogen and oxygen atoms in total. The molecule has 0 fully saturated rings. The number of nitrogens with one attached hydrogen (secondary N) is 1. The van der Waals surface area contributed by atoms with E-state index in [-0.39, 0.29) is 0 Å². The number of hydrogen-bond acceptors (Lipinski definition) is 2. The van der Waals surface area contributed by atoms with E-state index in [1.807, 2.05) is 0 Å². The van der Waals surface area contributed by atoms with Crippen LogP contribution in [0.2, 0.25) is 0 Å². The minimum atomic E-state index is -2.53. The van der Waals surface area contributed by atoms with Crippen LogP contribution in [0.4, 0.5) is 8.78 Å². The number of carbonyl (C=O) groups excluding carboxylic acids is 1. The van der Waals surface area contributed by atoms with E-state index >= 15 is 0 Å². The maximum absolute atomic E-state index is 12.7. The summed E-state index contributed by atoms with van der Waals surface area (Å²) in [6, 6.07) is 12.2. The highest BCUT2D eigenvalue weighted by molar-refractivity contribution is 5.83. The summed E-state index contributed by atoms with van der Waals surface area (Å²) in [4.78, 5) is 16.1. The zero-order valence-electron chi connectivity index (χ0n) is 11.4. The van der Waals surface area contributed by atoms with Gasteiger partial charge in [-0.25, -0.2) is 8.78 Å². The molecule has 1 amide bonds. The number of alkyl halides is 2. The van der Waals surface area contributed by atoms with Gasteiger partial charge < -0.3 is 5.32 Å². The molecule has 1 aromatic carbocycles. The Morgan fingerprint density at radius 2 is 1.76 bits per heavy atom. The van der Waals surface area contributed by atoms with Gasteiger partial charge in [-0.2, -0.15) is 0 Å². The summed E-state index contributed by atoms with van der Waals surface area (Å²) in [6.45, 7) is 0.300. The van der Waals surface area contributed by atoms with Gasteiger partial charge in [0.05, 0.1) is 5.92 Å². The second-order valence-electron chi connectivity index (χ2n) is 4.66. The van der Waals surface area contributed by atoms with Crippen molar-refractivity contribution in [3.05, 3.63) is 66.0 Å². The van der Waals surface area contributed by atoms with Crippen molar-refractivity contribution >= 4 is 5.91 Å². The fourth-order valence-electron chi connectivity index (χ4n) is 2.07. The second kappa shape index (κ2) is 7.47. The van der Waals surface area contributed by atoms with E-state index in [1.54, 1.807) is 54.9 Å². The van der Waals surface area contributed by atoms with Crippen molar-refractivity contribution in [1.82, 2.24) is 10.3 Å². The normalized spacial score (nSPS) is 12.1. The molecule has 1 heterocycles. The van der Waals surface area contributed by atoms with Crippen LogP contribution in [0.1, 0.15) is 23.5 Å². The molecule has 1 aromatic heterocycles. The summed E-state index contributed by atoms with van der Waals surface area (Å²) >= 11 is 0. The van der Waals surface area contributed by atoms with Crippen LogP contribution < -0.4 is 5.32 Å². The Bertz CT molecular complexity index is 561. The largest absolute Gasteiger partial charge is 0.351 e. The fraction of sp³-hybridized carbons (Fsp3) is 0.250. The van der Waals surface area contributed by atoms with Crippen LogP contribution in [0, 0.1) is 0 Å². The first kappa shape index (κ1) is 15.1. The lowest BCUT2D eigenvalue weighted by molar-refractivity contribution is -0.123. The molecular formula is C16H16F2N2O. The first-order chi connectivity index (χ1) is 10.2. The van der Waals surface area contributed by atoms with Crippen LogP contribution in [0.15, 0.2) is 54.9 Å². The molecule has 21 heavy (non-hydrogen) atoms. The van der Waals surface area contributed by atoms with E-state index in [0.717, 1.165) is 5.56 Å². The van der Waals surface area contributed by atoms with Crippen molar-refractivity contribution in [2.24, 2.45) is 0 Å². The van der Waals surface area contributed by atoms with Crippen LogP contribution in [-0.4, -0.2) is 17.3 Å². The minimum absolute atomic E-state index is 0.300. The Labute approximate surface area is 122 Å². The van der Waals surface area contributed by atoms with Gasteiger partial charge in [-0.1, -0.05) is 30.3 Å². The number of benzene rings is 1. The number of rotatable bonds is 6. The van der Waals surface area contributed by atoms with E-state index in [2.05, 4.69) is 10.3 Å². The lowest BCUT2D eigenvalue weighted by Crippen LogP contribution is -2.30. The van der Waals surface area contributed by atoms with Crippen molar-refractivity contribution in [3.8, 4) is 0 Å². The summed E-state index contributed by atoms with van der Waals surface area (Å²) < 4.78 is 25.4. The summed E-state index contributed by atoms with van der Waals surface area (Å²) in [5.74, 6) is -1.23. The summed E-state index contributed by atoms with van der Waals surface area (Å²) in [5, 5.41) is 2.70. The first-order valence-electron chi connectivity index (χ1n) is 6.66.